The van der Waals surface area contributed by atoms with Crippen molar-refractivity contribution in [1.29, 1.82) is 0 Å². The standard InChI is InChI=1S/C11H13N3OS/c1-8(2)7-16-11-14-13-10(15-11)9-3-5-12-6-4-9/h3-6,8H,7H2,1-2H3. The summed E-state index contributed by atoms with van der Waals surface area (Å²) in [7, 11) is 0. The second kappa shape index (κ2) is 5.12. The Bertz CT molecular complexity index is 442. The van der Waals surface area contributed by atoms with Gasteiger partial charge < -0.3 is 4.42 Å². The number of thioether (sulfide) groups is 1. The summed E-state index contributed by atoms with van der Waals surface area (Å²) in [6.07, 6.45) is 3.42. The van der Waals surface area contributed by atoms with Crippen LogP contribution in [0.15, 0.2) is 34.2 Å². The van der Waals surface area contributed by atoms with E-state index >= 15 is 0 Å². The zero-order chi connectivity index (χ0) is 11.4. The summed E-state index contributed by atoms with van der Waals surface area (Å²) in [5, 5.41) is 8.61. The van der Waals surface area contributed by atoms with E-state index in [9.17, 15) is 0 Å². The van der Waals surface area contributed by atoms with Gasteiger partial charge in [0, 0.05) is 23.7 Å². The van der Waals surface area contributed by atoms with Gasteiger partial charge in [0.2, 0.25) is 5.89 Å². The summed E-state index contributed by atoms with van der Waals surface area (Å²) in [5.41, 5.74) is 0.902. The molecule has 0 radical (unpaired) electrons. The molecule has 0 saturated heterocycles. The Labute approximate surface area is 98.5 Å². The normalized spacial score (nSPS) is 10.9. The first kappa shape index (κ1) is 11.1. The average Bonchev–Trinajstić information content (AvgIpc) is 2.76. The molecule has 0 aliphatic rings. The van der Waals surface area contributed by atoms with Crippen molar-refractivity contribution in [3.8, 4) is 11.5 Å². The maximum Gasteiger partial charge on any atom is 0.276 e. The summed E-state index contributed by atoms with van der Waals surface area (Å²) in [6, 6.07) is 3.70. The molecule has 0 atom stereocenters. The second-order valence-electron chi connectivity index (χ2n) is 3.81. The Morgan fingerprint density at radius 3 is 2.69 bits per heavy atom. The van der Waals surface area contributed by atoms with Crippen LogP contribution in [0.2, 0.25) is 0 Å². The molecule has 4 nitrogen and oxygen atoms in total. The molecule has 2 aromatic rings. The van der Waals surface area contributed by atoms with Gasteiger partial charge in [-0.1, -0.05) is 25.6 Å². The van der Waals surface area contributed by atoms with E-state index in [-0.39, 0.29) is 0 Å². The van der Waals surface area contributed by atoms with Crippen LogP contribution < -0.4 is 0 Å². The lowest BCUT2D eigenvalue weighted by atomic mass is 10.3. The van der Waals surface area contributed by atoms with Crippen LogP contribution in [0.3, 0.4) is 0 Å². The summed E-state index contributed by atoms with van der Waals surface area (Å²) >= 11 is 1.59. The van der Waals surface area contributed by atoms with Crippen LogP contribution in [0, 0.1) is 5.92 Å². The third kappa shape index (κ3) is 2.82. The summed E-state index contributed by atoms with van der Waals surface area (Å²) < 4.78 is 5.53. The lowest BCUT2D eigenvalue weighted by Gasteiger charge is -1.98. The quantitative estimate of drug-likeness (QED) is 0.763. The van der Waals surface area contributed by atoms with E-state index in [2.05, 4.69) is 29.0 Å². The van der Waals surface area contributed by atoms with Crippen LogP contribution >= 0.6 is 11.8 Å². The summed E-state index contributed by atoms with van der Waals surface area (Å²) in [5.74, 6) is 2.15. The fraction of sp³-hybridized carbons (Fsp3) is 0.364. The van der Waals surface area contributed by atoms with Gasteiger partial charge >= 0.3 is 0 Å². The van der Waals surface area contributed by atoms with Gasteiger partial charge in [-0.2, -0.15) is 0 Å². The van der Waals surface area contributed by atoms with Crippen molar-refractivity contribution in [2.75, 3.05) is 5.75 Å². The van der Waals surface area contributed by atoms with Crippen LogP contribution in [-0.4, -0.2) is 20.9 Å². The highest BCUT2D eigenvalue weighted by Gasteiger charge is 2.08. The van der Waals surface area contributed by atoms with Gasteiger partial charge in [0.15, 0.2) is 0 Å². The molecule has 0 aliphatic carbocycles. The molecule has 16 heavy (non-hydrogen) atoms. The van der Waals surface area contributed by atoms with E-state index in [4.69, 9.17) is 4.42 Å². The highest BCUT2D eigenvalue weighted by molar-refractivity contribution is 7.99. The molecule has 0 aliphatic heterocycles. The van der Waals surface area contributed by atoms with Crippen molar-refractivity contribution >= 4 is 11.8 Å². The van der Waals surface area contributed by atoms with Crippen LogP contribution in [0.4, 0.5) is 0 Å². The van der Waals surface area contributed by atoms with E-state index < -0.39 is 0 Å². The van der Waals surface area contributed by atoms with Crippen molar-refractivity contribution in [2.24, 2.45) is 5.92 Å². The fourth-order valence-electron chi connectivity index (χ4n) is 1.12. The Kier molecular flexibility index (Phi) is 3.56. The van der Waals surface area contributed by atoms with Crippen LogP contribution in [-0.2, 0) is 0 Å². The van der Waals surface area contributed by atoms with Crippen molar-refractivity contribution in [3.63, 3.8) is 0 Å². The van der Waals surface area contributed by atoms with Crippen molar-refractivity contribution in [1.82, 2.24) is 15.2 Å². The first-order chi connectivity index (χ1) is 7.75. The fourth-order valence-corrected chi connectivity index (χ4v) is 1.83. The van der Waals surface area contributed by atoms with Crippen molar-refractivity contribution in [3.05, 3.63) is 24.5 Å². The maximum absolute atomic E-state index is 5.53. The molecule has 0 N–H and O–H groups in total. The van der Waals surface area contributed by atoms with Crippen LogP contribution in [0.1, 0.15) is 13.8 Å². The highest BCUT2D eigenvalue weighted by Crippen LogP contribution is 2.23. The molecule has 0 fully saturated rings. The second-order valence-corrected chi connectivity index (χ2v) is 4.79. The smallest absolute Gasteiger partial charge is 0.276 e. The summed E-state index contributed by atoms with van der Waals surface area (Å²) in [4.78, 5) is 3.94. The van der Waals surface area contributed by atoms with E-state index in [1.807, 2.05) is 12.1 Å². The molecule has 0 unspecified atom stereocenters. The molecular formula is C11H13N3OS. The molecule has 5 heteroatoms. The van der Waals surface area contributed by atoms with Crippen LogP contribution in [0.5, 0.6) is 0 Å². The van der Waals surface area contributed by atoms with Crippen molar-refractivity contribution < 1.29 is 4.42 Å². The first-order valence-corrected chi connectivity index (χ1v) is 6.11. The topological polar surface area (TPSA) is 51.8 Å². The Morgan fingerprint density at radius 2 is 2.00 bits per heavy atom. The molecule has 0 spiro atoms. The lowest BCUT2D eigenvalue weighted by Crippen LogP contribution is -1.89. The minimum atomic E-state index is 0.550. The Morgan fingerprint density at radius 1 is 1.25 bits per heavy atom. The van der Waals surface area contributed by atoms with Gasteiger partial charge in [0.05, 0.1) is 0 Å². The van der Waals surface area contributed by atoms with Crippen LogP contribution in [0.25, 0.3) is 11.5 Å². The maximum atomic E-state index is 5.53. The highest BCUT2D eigenvalue weighted by atomic mass is 32.2. The minimum absolute atomic E-state index is 0.550. The summed E-state index contributed by atoms with van der Waals surface area (Å²) in [6.45, 7) is 4.32. The number of hydrogen-bond donors (Lipinski definition) is 0. The number of pyridine rings is 1. The molecule has 0 amide bonds. The monoisotopic (exact) mass is 235 g/mol. The Hall–Kier alpha value is -1.36. The van der Waals surface area contributed by atoms with Gasteiger partial charge in [-0.25, -0.2) is 0 Å². The van der Waals surface area contributed by atoms with E-state index in [0.717, 1.165) is 11.3 Å². The van der Waals surface area contributed by atoms with E-state index in [1.54, 1.807) is 24.2 Å². The van der Waals surface area contributed by atoms with Gasteiger partial charge in [-0.05, 0) is 18.1 Å². The van der Waals surface area contributed by atoms with Gasteiger partial charge in [-0.15, -0.1) is 10.2 Å². The molecular weight excluding hydrogens is 222 g/mol. The number of nitrogens with zero attached hydrogens (tertiary/aromatic N) is 3. The van der Waals surface area contributed by atoms with E-state index in [0.29, 0.717) is 17.0 Å². The number of hydrogen-bond acceptors (Lipinski definition) is 5. The first-order valence-electron chi connectivity index (χ1n) is 5.12. The predicted octanol–water partition coefficient (Wildman–Crippen LogP) is 2.88. The molecule has 0 bridgehead atoms. The lowest BCUT2D eigenvalue weighted by molar-refractivity contribution is 0.465. The third-order valence-corrected chi connectivity index (χ3v) is 3.12. The van der Waals surface area contributed by atoms with E-state index in [1.165, 1.54) is 0 Å². The van der Waals surface area contributed by atoms with Crippen molar-refractivity contribution in [2.45, 2.75) is 19.1 Å². The number of aromatic nitrogens is 3. The molecule has 2 aromatic heterocycles. The minimum Gasteiger partial charge on any atom is -0.411 e. The third-order valence-electron chi connectivity index (χ3n) is 1.87. The Balaban J connectivity index is 2.08. The number of rotatable bonds is 4. The molecule has 0 saturated carbocycles. The molecule has 84 valence electrons. The van der Waals surface area contributed by atoms with Gasteiger partial charge in [-0.3, -0.25) is 4.98 Å². The van der Waals surface area contributed by atoms with Gasteiger partial charge in [0.25, 0.3) is 5.22 Å². The average molecular weight is 235 g/mol. The SMILES string of the molecule is CC(C)CSc1nnc(-c2ccncc2)o1. The van der Waals surface area contributed by atoms with Gasteiger partial charge in [0.1, 0.15) is 0 Å². The zero-order valence-electron chi connectivity index (χ0n) is 9.25. The molecule has 2 rings (SSSR count). The zero-order valence-corrected chi connectivity index (χ0v) is 10.1. The molecule has 0 aromatic carbocycles. The largest absolute Gasteiger partial charge is 0.411 e. The molecule has 2 heterocycles. The predicted molar refractivity (Wildman–Crippen MR) is 63.1 cm³/mol.